The quantitative estimate of drug-likeness (QED) is 0.412. The summed E-state index contributed by atoms with van der Waals surface area (Å²) in [6.07, 6.45) is 4.14. The molecule has 0 aromatic heterocycles. The molecule has 0 saturated heterocycles. The van der Waals surface area contributed by atoms with Crippen LogP contribution in [-0.2, 0) is 0 Å². The molecule has 0 spiro atoms. The third-order valence-corrected chi connectivity index (χ3v) is 1.57. The first-order valence-electron chi connectivity index (χ1n) is 4.26. The van der Waals surface area contributed by atoms with Crippen molar-refractivity contribution in [3.63, 3.8) is 0 Å². The summed E-state index contributed by atoms with van der Waals surface area (Å²) in [5, 5.41) is 0. The molecular weight excluding hydrogens is 176 g/mol. The standard InChI is InChI=1S/C12H12O2/c1-10(2)7-8-14-12-5-3-11(9-13)4-6-12/h3-9H,1H2,2H3. The SMILES string of the molecule is C=C(C)C=COc1ccc(C=O)cc1. The normalized spacial score (nSPS) is 10.1. The Morgan fingerprint density at radius 3 is 2.50 bits per heavy atom. The molecule has 0 N–H and O–H groups in total. The third kappa shape index (κ3) is 3.27. The van der Waals surface area contributed by atoms with Gasteiger partial charge in [0.05, 0.1) is 6.26 Å². The number of aldehydes is 1. The highest BCUT2D eigenvalue weighted by molar-refractivity contribution is 5.74. The van der Waals surface area contributed by atoms with Gasteiger partial charge in [0.25, 0.3) is 0 Å². The predicted molar refractivity (Wildman–Crippen MR) is 56.4 cm³/mol. The van der Waals surface area contributed by atoms with Gasteiger partial charge in [-0.3, -0.25) is 4.79 Å². The van der Waals surface area contributed by atoms with Crippen LogP contribution in [-0.4, -0.2) is 6.29 Å². The maximum atomic E-state index is 10.4. The van der Waals surface area contributed by atoms with Crippen molar-refractivity contribution in [2.45, 2.75) is 6.92 Å². The van der Waals surface area contributed by atoms with Crippen LogP contribution in [0.15, 0.2) is 48.8 Å². The molecule has 2 nitrogen and oxygen atoms in total. The minimum atomic E-state index is 0.640. The summed E-state index contributed by atoms with van der Waals surface area (Å²) in [5.41, 5.74) is 1.57. The average Bonchev–Trinajstić information content (AvgIpc) is 2.18. The molecular formula is C12H12O2. The van der Waals surface area contributed by atoms with E-state index in [1.165, 1.54) is 0 Å². The van der Waals surface area contributed by atoms with Gasteiger partial charge >= 0.3 is 0 Å². The van der Waals surface area contributed by atoms with Gasteiger partial charge in [0, 0.05) is 5.56 Å². The molecule has 0 aliphatic carbocycles. The molecule has 0 saturated carbocycles. The second-order valence-corrected chi connectivity index (χ2v) is 2.95. The fourth-order valence-corrected chi connectivity index (χ4v) is 0.854. The van der Waals surface area contributed by atoms with Crippen LogP contribution in [0.4, 0.5) is 0 Å². The molecule has 0 atom stereocenters. The van der Waals surface area contributed by atoms with E-state index in [-0.39, 0.29) is 0 Å². The van der Waals surface area contributed by atoms with Crippen molar-refractivity contribution in [1.29, 1.82) is 0 Å². The molecule has 0 amide bonds. The average molecular weight is 188 g/mol. The Morgan fingerprint density at radius 1 is 1.36 bits per heavy atom. The summed E-state index contributed by atoms with van der Waals surface area (Å²) in [7, 11) is 0. The Bertz CT molecular complexity index is 347. The van der Waals surface area contributed by atoms with Gasteiger partial charge in [0.1, 0.15) is 12.0 Å². The highest BCUT2D eigenvalue weighted by Gasteiger charge is 1.91. The number of carbonyl (C=O) groups excluding carboxylic acids is 1. The molecule has 1 rings (SSSR count). The highest BCUT2D eigenvalue weighted by atomic mass is 16.5. The second kappa shape index (κ2) is 5.02. The fraction of sp³-hybridized carbons (Fsp3) is 0.0833. The van der Waals surface area contributed by atoms with E-state index in [4.69, 9.17) is 4.74 Å². The first-order valence-corrected chi connectivity index (χ1v) is 4.26. The number of ether oxygens (including phenoxy) is 1. The second-order valence-electron chi connectivity index (χ2n) is 2.95. The molecule has 0 fully saturated rings. The molecule has 0 bridgehead atoms. The number of hydrogen-bond donors (Lipinski definition) is 0. The van der Waals surface area contributed by atoms with E-state index in [1.54, 1.807) is 36.6 Å². The Kier molecular flexibility index (Phi) is 3.68. The largest absolute Gasteiger partial charge is 0.465 e. The van der Waals surface area contributed by atoms with E-state index in [0.29, 0.717) is 11.3 Å². The number of hydrogen-bond acceptors (Lipinski definition) is 2. The van der Waals surface area contributed by atoms with Crippen LogP contribution in [0.2, 0.25) is 0 Å². The Hall–Kier alpha value is -1.83. The molecule has 72 valence electrons. The van der Waals surface area contributed by atoms with Gasteiger partial charge in [0.2, 0.25) is 0 Å². The zero-order valence-corrected chi connectivity index (χ0v) is 8.07. The first kappa shape index (κ1) is 10.3. The lowest BCUT2D eigenvalue weighted by molar-refractivity contribution is 0.112. The van der Waals surface area contributed by atoms with E-state index >= 15 is 0 Å². The minimum Gasteiger partial charge on any atom is -0.465 e. The molecule has 0 aliphatic rings. The van der Waals surface area contributed by atoms with Crippen LogP contribution >= 0.6 is 0 Å². The third-order valence-electron chi connectivity index (χ3n) is 1.57. The van der Waals surface area contributed by atoms with E-state index in [2.05, 4.69) is 6.58 Å². The number of allylic oxidation sites excluding steroid dienone is 2. The van der Waals surface area contributed by atoms with Gasteiger partial charge in [-0.25, -0.2) is 0 Å². The lowest BCUT2D eigenvalue weighted by Crippen LogP contribution is -1.83. The lowest BCUT2D eigenvalue weighted by atomic mass is 10.2. The van der Waals surface area contributed by atoms with Crippen molar-refractivity contribution in [3.8, 4) is 5.75 Å². The number of rotatable bonds is 4. The maximum Gasteiger partial charge on any atom is 0.150 e. The van der Waals surface area contributed by atoms with E-state index in [9.17, 15) is 4.79 Å². The summed E-state index contributed by atoms with van der Waals surface area (Å²) in [6, 6.07) is 6.90. The van der Waals surface area contributed by atoms with Crippen LogP contribution in [0.25, 0.3) is 0 Å². The van der Waals surface area contributed by atoms with Gasteiger partial charge < -0.3 is 4.74 Å². The number of benzene rings is 1. The van der Waals surface area contributed by atoms with Gasteiger partial charge in [-0.1, -0.05) is 12.2 Å². The van der Waals surface area contributed by atoms with Gasteiger partial charge in [-0.2, -0.15) is 0 Å². The summed E-state index contributed by atoms with van der Waals surface area (Å²) < 4.78 is 5.26. The smallest absolute Gasteiger partial charge is 0.150 e. The van der Waals surface area contributed by atoms with Crippen LogP contribution < -0.4 is 4.74 Å². The Balaban J connectivity index is 2.60. The lowest BCUT2D eigenvalue weighted by Gasteiger charge is -1.99. The van der Waals surface area contributed by atoms with Gasteiger partial charge in [-0.15, -0.1) is 0 Å². The zero-order valence-electron chi connectivity index (χ0n) is 8.07. The monoisotopic (exact) mass is 188 g/mol. The van der Waals surface area contributed by atoms with Crippen LogP contribution in [0.3, 0.4) is 0 Å². The maximum absolute atomic E-state index is 10.4. The summed E-state index contributed by atoms with van der Waals surface area (Å²) in [6.45, 7) is 5.58. The first-order chi connectivity index (χ1) is 6.72. The highest BCUT2D eigenvalue weighted by Crippen LogP contribution is 2.11. The molecule has 14 heavy (non-hydrogen) atoms. The summed E-state index contributed by atoms with van der Waals surface area (Å²) >= 11 is 0. The van der Waals surface area contributed by atoms with Gasteiger partial charge in [-0.05, 0) is 37.3 Å². The zero-order chi connectivity index (χ0) is 10.4. The van der Waals surface area contributed by atoms with E-state index in [1.807, 2.05) is 6.92 Å². The van der Waals surface area contributed by atoms with Crippen molar-refractivity contribution in [3.05, 3.63) is 54.3 Å². The van der Waals surface area contributed by atoms with E-state index in [0.717, 1.165) is 11.9 Å². The van der Waals surface area contributed by atoms with Crippen molar-refractivity contribution in [1.82, 2.24) is 0 Å². The van der Waals surface area contributed by atoms with Gasteiger partial charge in [0.15, 0.2) is 0 Å². The van der Waals surface area contributed by atoms with Crippen LogP contribution in [0.5, 0.6) is 5.75 Å². The Morgan fingerprint density at radius 2 is 2.00 bits per heavy atom. The van der Waals surface area contributed by atoms with Crippen molar-refractivity contribution in [2.24, 2.45) is 0 Å². The fourth-order valence-electron chi connectivity index (χ4n) is 0.854. The molecule has 0 heterocycles. The summed E-state index contributed by atoms with van der Waals surface area (Å²) in [4.78, 5) is 10.4. The Labute approximate surface area is 83.5 Å². The van der Waals surface area contributed by atoms with Crippen molar-refractivity contribution in [2.75, 3.05) is 0 Å². The molecule has 0 aliphatic heterocycles. The topological polar surface area (TPSA) is 26.3 Å². The predicted octanol–water partition coefficient (Wildman–Crippen LogP) is 2.97. The van der Waals surface area contributed by atoms with E-state index < -0.39 is 0 Å². The molecule has 0 radical (unpaired) electrons. The molecule has 0 unspecified atom stereocenters. The van der Waals surface area contributed by atoms with Crippen molar-refractivity contribution >= 4 is 6.29 Å². The summed E-state index contributed by atoms with van der Waals surface area (Å²) in [5.74, 6) is 0.702. The number of carbonyl (C=O) groups is 1. The molecule has 1 aromatic rings. The van der Waals surface area contributed by atoms with Crippen molar-refractivity contribution < 1.29 is 9.53 Å². The molecule has 1 aromatic carbocycles. The van der Waals surface area contributed by atoms with Crippen LogP contribution in [0.1, 0.15) is 17.3 Å². The van der Waals surface area contributed by atoms with Crippen LogP contribution in [0, 0.1) is 0 Å². The molecule has 2 heteroatoms. The minimum absolute atomic E-state index is 0.640.